The third-order valence-electron chi connectivity index (χ3n) is 2.32. The molecule has 2 rings (SSSR count). The molecule has 0 radical (unpaired) electrons. The van der Waals surface area contributed by atoms with Crippen molar-refractivity contribution in [2.75, 3.05) is 32.1 Å². The predicted molar refractivity (Wildman–Crippen MR) is 72.2 cm³/mol. The van der Waals surface area contributed by atoms with Crippen LogP contribution in [0.5, 0.6) is 0 Å². The average molecular weight is 283 g/mol. The Kier molecular flexibility index (Phi) is 5.73. The molecule has 8 heteroatoms. The maximum absolute atomic E-state index is 5.43. The van der Waals surface area contributed by atoms with E-state index in [0.717, 1.165) is 24.5 Å². The first kappa shape index (κ1) is 13.9. The van der Waals surface area contributed by atoms with Crippen LogP contribution in [0.25, 0.3) is 0 Å². The van der Waals surface area contributed by atoms with Crippen LogP contribution in [0, 0.1) is 0 Å². The van der Waals surface area contributed by atoms with Crippen molar-refractivity contribution in [3.63, 3.8) is 0 Å². The molecule has 7 nitrogen and oxygen atoms in total. The van der Waals surface area contributed by atoms with Crippen LogP contribution in [0.4, 0.5) is 6.01 Å². The van der Waals surface area contributed by atoms with Gasteiger partial charge in [-0.25, -0.2) is 4.98 Å². The lowest BCUT2D eigenvalue weighted by Gasteiger charge is -2.00. The normalized spacial score (nSPS) is 10.8. The molecule has 19 heavy (non-hydrogen) atoms. The van der Waals surface area contributed by atoms with Crippen LogP contribution in [-0.4, -0.2) is 42.0 Å². The molecule has 0 unspecified atom stereocenters. The summed E-state index contributed by atoms with van der Waals surface area (Å²) in [6.45, 7) is 2.69. The van der Waals surface area contributed by atoms with Crippen LogP contribution < -0.4 is 10.6 Å². The molecule has 2 N–H and O–H groups in total. The van der Waals surface area contributed by atoms with E-state index in [1.54, 1.807) is 24.6 Å². The topological polar surface area (TPSA) is 85.1 Å². The van der Waals surface area contributed by atoms with Crippen LogP contribution >= 0.6 is 11.3 Å². The standard InChI is InChI=1S/C11H17N5O2S/c1-17-6-4-12-8-9-15-16-11(18-9)14-3-2-10-13-5-7-19-10/h5,7,12H,2-4,6,8H2,1H3,(H,14,16). The average Bonchev–Trinajstić information content (AvgIpc) is 3.07. The molecular formula is C11H17N5O2S. The van der Waals surface area contributed by atoms with Gasteiger partial charge in [-0.3, -0.25) is 0 Å². The number of aromatic nitrogens is 3. The maximum atomic E-state index is 5.43. The SMILES string of the molecule is COCCNCc1nnc(NCCc2nccs2)o1. The molecule has 2 aromatic rings. The van der Waals surface area contributed by atoms with Crippen molar-refractivity contribution in [2.24, 2.45) is 0 Å². The van der Waals surface area contributed by atoms with E-state index in [1.807, 2.05) is 5.38 Å². The summed E-state index contributed by atoms with van der Waals surface area (Å²) in [6, 6.07) is 0.445. The first-order valence-corrected chi connectivity index (χ1v) is 6.90. The van der Waals surface area contributed by atoms with Gasteiger partial charge < -0.3 is 19.8 Å². The van der Waals surface area contributed by atoms with E-state index in [4.69, 9.17) is 9.15 Å². The Balaban J connectivity index is 1.65. The van der Waals surface area contributed by atoms with Gasteiger partial charge in [0, 0.05) is 38.2 Å². The number of anilines is 1. The van der Waals surface area contributed by atoms with Gasteiger partial charge in [-0.05, 0) is 0 Å². The van der Waals surface area contributed by atoms with Crippen LogP contribution in [0.2, 0.25) is 0 Å². The van der Waals surface area contributed by atoms with Gasteiger partial charge in [-0.2, -0.15) is 0 Å². The molecule has 2 aromatic heterocycles. The Bertz CT molecular complexity index is 459. The lowest BCUT2D eigenvalue weighted by atomic mass is 10.4. The monoisotopic (exact) mass is 283 g/mol. The highest BCUT2D eigenvalue weighted by Crippen LogP contribution is 2.07. The first-order valence-electron chi connectivity index (χ1n) is 6.03. The Morgan fingerprint density at radius 3 is 3.11 bits per heavy atom. The van der Waals surface area contributed by atoms with Crippen LogP contribution in [0.15, 0.2) is 16.0 Å². The fourth-order valence-electron chi connectivity index (χ4n) is 1.42. The van der Waals surface area contributed by atoms with E-state index < -0.39 is 0 Å². The zero-order valence-corrected chi connectivity index (χ0v) is 11.6. The quantitative estimate of drug-likeness (QED) is 0.662. The molecule has 2 heterocycles. The Hall–Kier alpha value is -1.51. The summed E-state index contributed by atoms with van der Waals surface area (Å²) >= 11 is 1.64. The lowest BCUT2D eigenvalue weighted by molar-refractivity contribution is 0.198. The number of thiazole rings is 1. The van der Waals surface area contributed by atoms with Crippen LogP contribution in [-0.2, 0) is 17.7 Å². The molecule has 0 bridgehead atoms. The zero-order valence-electron chi connectivity index (χ0n) is 10.8. The molecule has 0 spiro atoms. The van der Waals surface area contributed by atoms with Gasteiger partial charge in [0.15, 0.2) is 0 Å². The molecule has 0 aliphatic carbocycles. The number of rotatable bonds is 9. The number of ether oxygens (including phenoxy) is 1. The zero-order chi connectivity index (χ0) is 13.3. The van der Waals surface area contributed by atoms with E-state index in [2.05, 4.69) is 25.8 Å². The minimum absolute atomic E-state index is 0.445. The third kappa shape index (κ3) is 4.93. The molecule has 0 atom stereocenters. The van der Waals surface area contributed by atoms with Gasteiger partial charge in [0.2, 0.25) is 5.89 Å². The van der Waals surface area contributed by atoms with Crippen molar-refractivity contribution in [1.29, 1.82) is 0 Å². The number of hydrogen-bond acceptors (Lipinski definition) is 8. The molecule has 0 amide bonds. The van der Waals surface area contributed by atoms with Crippen molar-refractivity contribution in [2.45, 2.75) is 13.0 Å². The Morgan fingerprint density at radius 1 is 1.37 bits per heavy atom. The summed E-state index contributed by atoms with van der Waals surface area (Å²) in [7, 11) is 1.67. The van der Waals surface area contributed by atoms with Gasteiger partial charge >= 0.3 is 6.01 Å². The summed E-state index contributed by atoms with van der Waals surface area (Å²) in [6.07, 6.45) is 2.65. The second-order valence-electron chi connectivity index (χ2n) is 3.77. The third-order valence-corrected chi connectivity index (χ3v) is 3.16. The molecule has 104 valence electrons. The van der Waals surface area contributed by atoms with Gasteiger partial charge in [0.05, 0.1) is 18.2 Å². The number of hydrogen-bond donors (Lipinski definition) is 2. The van der Waals surface area contributed by atoms with Crippen molar-refractivity contribution >= 4 is 17.4 Å². The second-order valence-corrected chi connectivity index (χ2v) is 4.75. The Labute approximate surface area is 115 Å². The highest BCUT2D eigenvalue weighted by atomic mass is 32.1. The summed E-state index contributed by atoms with van der Waals surface area (Å²) in [4.78, 5) is 4.20. The summed E-state index contributed by atoms with van der Waals surface area (Å²) in [5, 5.41) is 17.1. The van der Waals surface area contributed by atoms with Crippen molar-refractivity contribution in [1.82, 2.24) is 20.5 Å². The maximum Gasteiger partial charge on any atom is 0.315 e. The van der Waals surface area contributed by atoms with E-state index >= 15 is 0 Å². The highest BCUT2D eigenvalue weighted by Gasteiger charge is 2.05. The predicted octanol–water partition coefficient (Wildman–Crippen LogP) is 0.917. The number of nitrogens with zero attached hydrogens (tertiary/aromatic N) is 3. The lowest BCUT2D eigenvalue weighted by Crippen LogP contribution is -2.18. The Morgan fingerprint density at radius 2 is 2.32 bits per heavy atom. The van der Waals surface area contributed by atoms with E-state index in [-0.39, 0.29) is 0 Å². The highest BCUT2D eigenvalue weighted by molar-refractivity contribution is 7.09. The van der Waals surface area contributed by atoms with Crippen molar-refractivity contribution in [3.05, 3.63) is 22.5 Å². The first-order chi connectivity index (χ1) is 9.38. The molecule has 0 aliphatic heterocycles. The fraction of sp³-hybridized carbons (Fsp3) is 0.545. The number of methoxy groups -OCH3 is 1. The largest absolute Gasteiger partial charge is 0.407 e. The summed E-state index contributed by atoms with van der Waals surface area (Å²) < 4.78 is 10.4. The molecule has 0 saturated heterocycles. The fourth-order valence-corrected chi connectivity index (χ4v) is 2.04. The molecule has 0 saturated carbocycles. The molecule has 0 fully saturated rings. The second kappa shape index (κ2) is 7.82. The summed E-state index contributed by atoms with van der Waals surface area (Å²) in [5.74, 6) is 0.563. The van der Waals surface area contributed by atoms with E-state index in [0.29, 0.717) is 25.1 Å². The minimum atomic E-state index is 0.445. The summed E-state index contributed by atoms with van der Waals surface area (Å²) in [5.41, 5.74) is 0. The van der Waals surface area contributed by atoms with Gasteiger partial charge in [0.1, 0.15) is 0 Å². The number of nitrogens with one attached hydrogen (secondary N) is 2. The minimum Gasteiger partial charge on any atom is -0.407 e. The van der Waals surface area contributed by atoms with Crippen molar-refractivity contribution in [3.8, 4) is 0 Å². The van der Waals surface area contributed by atoms with Crippen molar-refractivity contribution < 1.29 is 9.15 Å². The van der Waals surface area contributed by atoms with Gasteiger partial charge in [-0.15, -0.1) is 16.4 Å². The van der Waals surface area contributed by atoms with E-state index in [1.165, 1.54) is 0 Å². The van der Waals surface area contributed by atoms with Crippen LogP contribution in [0.3, 0.4) is 0 Å². The van der Waals surface area contributed by atoms with Gasteiger partial charge in [-0.1, -0.05) is 5.10 Å². The van der Waals surface area contributed by atoms with E-state index in [9.17, 15) is 0 Å². The molecule has 0 aliphatic rings. The smallest absolute Gasteiger partial charge is 0.315 e. The molecular weight excluding hydrogens is 266 g/mol. The van der Waals surface area contributed by atoms with Gasteiger partial charge in [0.25, 0.3) is 0 Å². The molecule has 0 aromatic carbocycles. The van der Waals surface area contributed by atoms with Crippen LogP contribution in [0.1, 0.15) is 10.9 Å².